The SMILES string of the molecule is CNc1cccc2c1CCCN2C(=O)OC(C)(C)C. The van der Waals surface area contributed by atoms with Crippen LogP contribution >= 0.6 is 0 Å². The molecule has 0 unspecified atom stereocenters. The van der Waals surface area contributed by atoms with Crippen molar-refractivity contribution >= 4 is 17.5 Å². The molecule has 1 aliphatic heterocycles. The molecule has 1 heterocycles. The third-order valence-corrected chi connectivity index (χ3v) is 3.13. The summed E-state index contributed by atoms with van der Waals surface area (Å²) in [5, 5.41) is 3.18. The van der Waals surface area contributed by atoms with Crippen molar-refractivity contribution < 1.29 is 9.53 Å². The quantitative estimate of drug-likeness (QED) is 0.843. The minimum atomic E-state index is -0.463. The van der Waals surface area contributed by atoms with Crippen LogP contribution in [0.5, 0.6) is 0 Å². The van der Waals surface area contributed by atoms with Gasteiger partial charge in [0.05, 0.1) is 5.69 Å². The first-order valence-corrected chi connectivity index (χ1v) is 6.72. The topological polar surface area (TPSA) is 41.6 Å². The Kier molecular flexibility index (Phi) is 3.69. The number of nitrogens with one attached hydrogen (secondary N) is 1. The number of carbonyl (C=O) groups is 1. The summed E-state index contributed by atoms with van der Waals surface area (Å²) in [6.45, 7) is 6.38. The van der Waals surface area contributed by atoms with E-state index >= 15 is 0 Å². The summed E-state index contributed by atoms with van der Waals surface area (Å²) in [5.41, 5.74) is 2.79. The van der Waals surface area contributed by atoms with Gasteiger partial charge in [-0.15, -0.1) is 0 Å². The van der Waals surface area contributed by atoms with Crippen LogP contribution in [0.4, 0.5) is 16.2 Å². The molecule has 2 rings (SSSR count). The third-order valence-electron chi connectivity index (χ3n) is 3.13. The summed E-state index contributed by atoms with van der Waals surface area (Å²) in [5.74, 6) is 0. The molecule has 1 aromatic rings. The Bertz CT molecular complexity index is 478. The Morgan fingerprint density at radius 1 is 1.37 bits per heavy atom. The molecular weight excluding hydrogens is 240 g/mol. The van der Waals surface area contributed by atoms with Gasteiger partial charge in [-0.25, -0.2) is 4.79 Å². The fourth-order valence-corrected chi connectivity index (χ4v) is 2.37. The molecule has 104 valence electrons. The Labute approximate surface area is 114 Å². The minimum absolute atomic E-state index is 0.262. The van der Waals surface area contributed by atoms with E-state index in [4.69, 9.17) is 4.74 Å². The first-order valence-electron chi connectivity index (χ1n) is 6.72. The van der Waals surface area contributed by atoms with E-state index in [2.05, 4.69) is 5.32 Å². The molecule has 0 radical (unpaired) electrons. The number of hydrogen-bond donors (Lipinski definition) is 1. The molecule has 4 nitrogen and oxygen atoms in total. The number of carbonyl (C=O) groups excluding carboxylic acids is 1. The van der Waals surface area contributed by atoms with Crippen LogP contribution in [0.1, 0.15) is 32.8 Å². The number of rotatable bonds is 1. The molecule has 0 saturated heterocycles. The van der Waals surface area contributed by atoms with Gasteiger partial charge in [0.25, 0.3) is 0 Å². The molecular formula is C15H22N2O2. The molecule has 1 aliphatic rings. The van der Waals surface area contributed by atoms with Gasteiger partial charge in [0.1, 0.15) is 5.60 Å². The Balaban J connectivity index is 2.30. The van der Waals surface area contributed by atoms with Gasteiger partial charge < -0.3 is 10.1 Å². The number of fused-ring (bicyclic) bond motifs is 1. The molecule has 0 aliphatic carbocycles. The zero-order valence-electron chi connectivity index (χ0n) is 12.1. The van der Waals surface area contributed by atoms with Gasteiger partial charge in [0, 0.05) is 19.3 Å². The number of nitrogens with zero attached hydrogens (tertiary/aromatic N) is 1. The lowest BCUT2D eigenvalue weighted by molar-refractivity contribution is 0.0578. The average Bonchev–Trinajstić information content (AvgIpc) is 2.35. The van der Waals surface area contributed by atoms with E-state index < -0.39 is 5.60 Å². The first-order chi connectivity index (χ1) is 8.92. The molecule has 0 bridgehead atoms. The molecule has 19 heavy (non-hydrogen) atoms. The molecule has 0 aromatic heterocycles. The number of amides is 1. The normalized spacial score (nSPS) is 14.8. The highest BCUT2D eigenvalue weighted by atomic mass is 16.6. The number of anilines is 2. The largest absolute Gasteiger partial charge is 0.443 e. The van der Waals surface area contributed by atoms with Crippen LogP contribution < -0.4 is 10.2 Å². The van der Waals surface area contributed by atoms with Crippen LogP contribution in [-0.2, 0) is 11.2 Å². The Morgan fingerprint density at radius 3 is 2.74 bits per heavy atom. The zero-order valence-corrected chi connectivity index (χ0v) is 12.1. The van der Waals surface area contributed by atoms with E-state index in [0.29, 0.717) is 0 Å². The number of ether oxygens (including phenoxy) is 1. The third kappa shape index (κ3) is 3.00. The molecule has 0 fully saturated rings. The lowest BCUT2D eigenvalue weighted by Crippen LogP contribution is -2.39. The Hall–Kier alpha value is -1.71. The van der Waals surface area contributed by atoms with Crippen LogP contribution in [-0.4, -0.2) is 25.3 Å². The first kappa shape index (κ1) is 13.7. The fourth-order valence-electron chi connectivity index (χ4n) is 2.37. The van der Waals surface area contributed by atoms with Crippen molar-refractivity contribution in [1.82, 2.24) is 0 Å². The van der Waals surface area contributed by atoms with E-state index in [-0.39, 0.29) is 6.09 Å². The second kappa shape index (κ2) is 5.11. The lowest BCUT2D eigenvalue weighted by atomic mass is 10.00. The van der Waals surface area contributed by atoms with Crippen molar-refractivity contribution in [2.75, 3.05) is 23.8 Å². The van der Waals surface area contributed by atoms with E-state index in [1.165, 1.54) is 5.56 Å². The van der Waals surface area contributed by atoms with Gasteiger partial charge in [0.15, 0.2) is 0 Å². The molecule has 1 N–H and O–H groups in total. The molecule has 1 aromatic carbocycles. The van der Waals surface area contributed by atoms with Crippen molar-refractivity contribution in [3.63, 3.8) is 0 Å². The lowest BCUT2D eigenvalue weighted by Gasteiger charge is -2.32. The second-order valence-corrected chi connectivity index (χ2v) is 5.79. The standard InChI is InChI=1S/C15H22N2O2/c1-15(2,3)19-14(18)17-10-6-7-11-12(16-4)8-5-9-13(11)17/h5,8-9,16H,6-7,10H2,1-4H3. The molecule has 1 amide bonds. The van der Waals surface area contributed by atoms with Gasteiger partial charge in [-0.3, -0.25) is 4.90 Å². The molecule has 0 atom stereocenters. The van der Waals surface area contributed by atoms with Crippen molar-refractivity contribution in [2.24, 2.45) is 0 Å². The summed E-state index contributed by atoms with van der Waals surface area (Å²) in [4.78, 5) is 14.0. The highest BCUT2D eigenvalue weighted by Gasteiger charge is 2.28. The van der Waals surface area contributed by atoms with Crippen molar-refractivity contribution in [3.05, 3.63) is 23.8 Å². The number of hydrogen-bond acceptors (Lipinski definition) is 3. The predicted octanol–water partition coefficient (Wildman–Crippen LogP) is 3.42. The second-order valence-electron chi connectivity index (χ2n) is 5.79. The van der Waals surface area contributed by atoms with Crippen LogP contribution in [0.3, 0.4) is 0 Å². The monoisotopic (exact) mass is 262 g/mol. The van der Waals surface area contributed by atoms with Gasteiger partial charge in [-0.05, 0) is 51.3 Å². The van der Waals surface area contributed by atoms with Gasteiger partial charge in [-0.1, -0.05) is 6.07 Å². The highest BCUT2D eigenvalue weighted by molar-refractivity contribution is 5.90. The average molecular weight is 262 g/mol. The molecule has 4 heteroatoms. The smallest absolute Gasteiger partial charge is 0.414 e. The predicted molar refractivity (Wildman–Crippen MR) is 77.9 cm³/mol. The van der Waals surface area contributed by atoms with Crippen molar-refractivity contribution in [3.8, 4) is 0 Å². The fraction of sp³-hybridized carbons (Fsp3) is 0.533. The summed E-state index contributed by atoms with van der Waals surface area (Å²) in [6.07, 6.45) is 1.69. The van der Waals surface area contributed by atoms with Gasteiger partial charge in [-0.2, -0.15) is 0 Å². The summed E-state index contributed by atoms with van der Waals surface area (Å²) in [7, 11) is 1.90. The maximum Gasteiger partial charge on any atom is 0.414 e. The van der Waals surface area contributed by atoms with Crippen molar-refractivity contribution in [1.29, 1.82) is 0 Å². The maximum atomic E-state index is 12.3. The highest BCUT2D eigenvalue weighted by Crippen LogP contribution is 2.33. The zero-order chi connectivity index (χ0) is 14.0. The Morgan fingerprint density at radius 2 is 2.11 bits per heavy atom. The summed E-state index contributed by atoms with van der Waals surface area (Å²) < 4.78 is 5.47. The minimum Gasteiger partial charge on any atom is -0.443 e. The van der Waals surface area contributed by atoms with E-state index in [1.54, 1.807) is 4.90 Å². The van der Waals surface area contributed by atoms with Crippen LogP contribution in [0, 0.1) is 0 Å². The van der Waals surface area contributed by atoms with Crippen LogP contribution in [0.25, 0.3) is 0 Å². The van der Waals surface area contributed by atoms with E-state index in [0.717, 1.165) is 30.8 Å². The maximum absolute atomic E-state index is 12.3. The van der Waals surface area contributed by atoms with Gasteiger partial charge >= 0.3 is 6.09 Å². The number of benzene rings is 1. The summed E-state index contributed by atoms with van der Waals surface area (Å²) >= 11 is 0. The van der Waals surface area contributed by atoms with Crippen molar-refractivity contribution in [2.45, 2.75) is 39.2 Å². The van der Waals surface area contributed by atoms with Crippen LogP contribution in [0.15, 0.2) is 18.2 Å². The van der Waals surface area contributed by atoms with Crippen LogP contribution in [0.2, 0.25) is 0 Å². The van der Waals surface area contributed by atoms with Gasteiger partial charge in [0.2, 0.25) is 0 Å². The van der Waals surface area contributed by atoms with E-state index in [9.17, 15) is 4.79 Å². The molecule has 0 saturated carbocycles. The molecule has 0 spiro atoms. The van der Waals surface area contributed by atoms with E-state index in [1.807, 2.05) is 46.0 Å². The summed E-state index contributed by atoms with van der Waals surface area (Å²) in [6, 6.07) is 5.99.